The number of H-pyrrole nitrogens is 1. The number of aryl methyl sites for hydroxylation is 1. The van der Waals surface area contributed by atoms with Crippen LogP contribution in [0.25, 0.3) is 34.0 Å². The van der Waals surface area contributed by atoms with Crippen molar-refractivity contribution >= 4 is 29.2 Å². The zero-order chi connectivity index (χ0) is 28.2. The largest absolute Gasteiger partial charge is 0.358 e. The summed E-state index contributed by atoms with van der Waals surface area (Å²) in [5, 5.41) is 6.01. The first kappa shape index (κ1) is 27.1. The Morgan fingerprint density at radius 1 is 0.975 bits per heavy atom. The number of aromatic nitrogens is 2. The van der Waals surface area contributed by atoms with Crippen molar-refractivity contribution in [3.05, 3.63) is 94.9 Å². The van der Waals surface area contributed by atoms with Crippen molar-refractivity contribution < 1.29 is 9.59 Å². The SMILES string of the molecule is CCN(CC)CCNC(=O)c1c(C)[nH]c(/C=C2\C(=O)Nc3ccc(-c4ccc(-c5ccccc5)cn4)cc32)c1C. The zero-order valence-electron chi connectivity index (χ0n) is 23.5. The summed E-state index contributed by atoms with van der Waals surface area (Å²) in [7, 11) is 0. The summed E-state index contributed by atoms with van der Waals surface area (Å²) in [6.45, 7) is 11.3. The van der Waals surface area contributed by atoms with Crippen LogP contribution in [0.1, 0.15) is 46.7 Å². The number of benzene rings is 2. The molecule has 0 saturated heterocycles. The second-order valence-electron chi connectivity index (χ2n) is 10.0. The van der Waals surface area contributed by atoms with Gasteiger partial charge in [-0.2, -0.15) is 0 Å². The minimum absolute atomic E-state index is 0.105. The highest BCUT2D eigenvalue weighted by molar-refractivity contribution is 6.35. The Labute approximate surface area is 235 Å². The predicted octanol–water partition coefficient (Wildman–Crippen LogP) is 5.92. The van der Waals surface area contributed by atoms with Crippen molar-refractivity contribution in [3.8, 4) is 22.4 Å². The van der Waals surface area contributed by atoms with Gasteiger partial charge in [0, 0.05) is 53.1 Å². The fourth-order valence-corrected chi connectivity index (χ4v) is 5.22. The molecule has 0 fully saturated rings. The van der Waals surface area contributed by atoms with Crippen molar-refractivity contribution in [2.45, 2.75) is 27.7 Å². The second kappa shape index (κ2) is 11.7. The Morgan fingerprint density at radius 3 is 2.42 bits per heavy atom. The maximum atomic E-state index is 13.0. The van der Waals surface area contributed by atoms with Gasteiger partial charge in [0.1, 0.15) is 0 Å². The number of nitrogens with one attached hydrogen (secondary N) is 3. The van der Waals surface area contributed by atoms with Gasteiger partial charge in [-0.05, 0) is 62.3 Å². The van der Waals surface area contributed by atoms with Crippen LogP contribution in [0, 0.1) is 13.8 Å². The number of aromatic amines is 1. The molecule has 4 aromatic rings. The molecule has 0 saturated carbocycles. The van der Waals surface area contributed by atoms with E-state index in [-0.39, 0.29) is 11.8 Å². The molecular weight excluding hydrogens is 498 g/mol. The highest BCUT2D eigenvalue weighted by Gasteiger charge is 2.26. The van der Waals surface area contributed by atoms with Crippen molar-refractivity contribution in [2.75, 3.05) is 31.5 Å². The quantitative estimate of drug-likeness (QED) is 0.233. The van der Waals surface area contributed by atoms with Crippen LogP contribution in [0.2, 0.25) is 0 Å². The molecule has 1 aliphatic heterocycles. The molecule has 3 N–H and O–H groups in total. The summed E-state index contributed by atoms with van der Waals surface area (Å²) in [5.41, 5.74) is 9.02. The molecular formula is C33H35N5O2. The van der Waals surface area contributed by atoms with Gasteiger partial charge in [0.25, 0.3) is 11.8 Å². The number of anilines is 1. The van der Waals surface area contributed by atoms with Gasteiger partial charge in [-0.15, -0.1) is 0 Å². The number of hydrogen-bond acceptors (Lipinski definition) is 4. The smallest absolute Gasteiger partial charge is 0.256 e. The molecule has 0 atom stereocenters. The van der Waals surface area contributed by atoms with Crippen LogP contribution in [0.15, 0.2) is 66.9 Å². The van der Waals surface area contributed by atoms with Crippen LogP contribution in [0.5, 0.6) is 0 Å². The number of hydrogen-bond donors (Lipinski definition) is 3. The lowest BCUT2D eigenvalue weighted by Gasteiger charge is -2.18. The van der Waals surface area contributed by atoms with Crippen molar-refractivity contribution in [2.24, 2.45) is 0 Å². The number of nitrogens with zero attached hydrogens (tertiary/aromatic N) is 2. The number of carbonyl (C=O) groups is 2. The molecule has 7 heteroatoms. The van der Waals surface area contributed by atoms with Crippen molar-refractivity contribution in [3.63, 3.8) is 0 Å². The number of amides is 2. The van der Waals surface area contributed by atoms with E-state index in [1.807, 2.05) is 68.6 Å². The zero-order valence-corrected chi connectivity index (χ0v) is 23.5. The number of carbonyl (C=O) groups excluding carboxylic acids is 2. The van der Waals surface area contributed by atoms with Gasteiger partial charge < -0.3 is 20.5 Å². The third-order valence-corrected chi connectivity index (χ3v) is 7.57. The number of pyridine rings is 1. The molecule has 204 valence electrons. The van der Waals surface area contributed by atoms with E-state index in [9.17, 15) is 9.59 Å². The van der Waals surface area contributed by atoms with Crippen LogP contribution in [0.4, 0.5) is 5.69 Å². The molecule has 1 aliphatic rings. The van der Waals surface area contributed by atoms with E-state index in [0.717, 1.165) is 70.2 Å². The van der Waals surface area contributed by atoms with E-state index >= 15 is 0 Å². The molecule has 2 amide bonds. The van der Waals surface area contributed by atoms with E-state index in [4.69, 9.17) is 4.98 Å². The van der Waals surface area contributed by atoms with E-state index in [1.165, 1.54) is 0 Å². The lowest BCUT2D eigenvalue weighted by atomic mass is 10.00. The summed E-state index contributed by atoms with van der Waals surface area (Å²) in [4.78, 5) is 36.3. The lowest BCUT2D eigenvalue weighted by molar-refractivity contribution is -0.110. The first-order valence-electron chi connectivity index (χ1n) is 13.8. The summed E-state index contributed by atoms with van der Waals surface area (Å²) in [6, 6.07) is 20.1. The minimum Gasteiger partial charge on any atom is -0.358 e. The average molecular weight is 534 g/mol. The van der Waals surface area contributed by atoms with Gasteiger partial charge in [-0.25, -0.2) is 0 Å². The Bertz CT molecular complexity index is 1560. The standard InChI is InChI=1S/C33H35N5O2/c1-5-38(6-2)17-16-34-33(40)31-21(3)30(36-22(31)4)19-27-26-18-24(12-15-29(26)37-32(27)39)28-14-13-25(20-35-28)23-10-8-7-9-11-23/h7-15,18-20,36H,5-6,16-17H2,1-4H3,(H,34,40)(H,37,39)/b27-19-. The fourth-order valence-electron chi connectivity index (χ4n) is 5.22. The maximum Gasteiger partial charge on any atom is 0.256 e. The monoisotopic (exact) mass is 533 g/mol. The second-order valence-corrected chi connectivity index (χ2v) is 10.0. The van der Waals surface area contributed by atoms with Crippen LogP contribution < -0.4 is 10.6 Å². The summed E-state index contributed by atoms with van der Waals surface area (Å²) in [6.07, 6.45) is 3.71. The van der Waals surface area contributed by atoms with Gasteiger partial charge in [-0.1, -0.05) is 56.3 Å². The van der Waals surface area contributed by atoms with Gasteiger partial charge in [0.2, 0.25) is 0 Å². The molecule has 5 rings (SSSR count). The fraction of sp³-hybridized carbons (Fsp3) is 0.242. The number of fused-ring (bicyclic) bond motifs is 1. The first-order chi connectivity index (χ1) is 19.4. The third kappa shape index (κ3) is 5.46. The van der Waals surface area contributed by atoms with E-state index in [0.29, 0.717) is 17.7 Å². The van der Waals surface area contributed by atoms with Crippen LogP contribution >= 0.6 is 0 Å². The first-order valence-corrected chi connectivity index (χ1v) is 13.8. The van der Waals surface area contributed by atoms with Gasteiger partial charge in [-0.3, -0.25) is 14.6 Å². The number of rotatable bonds is 9. The van der Waals surface area contributed by atoms with Crippen LogP contribution in [0.3, 0.4) is 0 Å². The molecule has 0 unspecified atom stereocenters. The topological polar surface area (TPSA) is 90.1 Å². The number of likely N-dealkylation sites (N-methyl/N-ethyl adjacent to an activating group) is 1. The lowest BCUT2D eigenvalue weighted by Crippen LogP contribution is -2.35. The molecule has 0 bridgehead atoms. The molecule has 2 aromatic carbocycles. The van der Waals surface area contributed by atoms with Gasteiger partial charge >= 0.3 is 0 Å². The van der Waals surface area contributed by atoms with E-state index in [1.54, 1.807) is 0 Å². The molecule has 40 heavy (non-hydrogen) atoms. The Morgan fingerprint density at radius 2 is 1.73 bits per heavy atom. The molecule has 2 aromatic heterocycles. The van der Waals surface area contributed by atoms with Crippen LogP contribution in [-0.4, -0.2) is 52.9 Å². The van der Waals surface area contributed by atoms with E-state index < -0.39 is 0 Å². The third-order valence-electron chi connectivity index (χ3n) is 7.57. The normalized spacial score (nSPS) is 13.5. The maximum absolute atomic E-state index is 13.0. The van der Waals surface area contributed by atoms with Crippen LogP contribution in [-0.2, 0) is 4.79 Å². The van der Waals surface area contributed by atoms with Crippen molar-refractivity contribution in [1.29, 1.82) is 0 Å². The molecule has 7 nitrogen and oxygen atoms in total. The highest BCUT2D eigenvalue weighted by Crippen LogP contribution is 2.37. The summed E-state index contributed by atoms with van der Waals surface area (Å²) < 4.78 is 0. The summed E-state index contributed by atoms with van der Waals surface area (Å²) >= 11 is 0. The average Bonchev–Trinajstić information content (AvgIpc) is 3.44. The Balaban J connectivity index is 1.40. The summed E-state index contributed by atoms with van der Waals surface area (Å²) in [5.74, 6) is -0.275. The molecule has 0 spiro atoms. The van der Waals surface area contributed by atoms with E-state index in [2.05, 4.69) is 52.6 Å². The van der Waals surface area contributed by atoms with Gasteiger partial charge in [0.05, 0.1) is 16.8 Å². The molecule has 3 heterocycles. The predicted molar refractivity (Wildman–Crippen MR) is 162 cm³/mol. The van der Waals surface area contributed by atoms with Gasteiger partial charge in [0.15, 0.2) is 0 Å². The minimum atomic E-state index is -0.170. The Hall–Kier alpha value is -4.49. The Kier molecular flexibility index (Phi) is 7.94. The molecule has 0 radical (unpaired) electrons. The van der Waals surface area contributed by atoms with Crippen molar-refractivity contribution in [1.82, 2.24) is 20.2 Å². The highest BCUT2D eigenvalue weighted by atomic mass is 16.2. The molecule has 0 aliphatic carbocycles.